The summed E-state index contributed by atoms with van der Waals surface area (Å²) >= 11 is 0. The minimum absolute atomic E-state index is 0.0517. The number of rotatable bonds is 6. The first-order chi connectivity index (χ1) is 14.5. The summed E-state index contributed by atoms with van der Waals surface area (Å²) in [6.07, 6.45) is 0.348. The Balaban J connectivity index is 1.50. The molecule has 1 unspecified atom stereocenters. The van der Waals surface area contributed by atoms with Gasteiger partial charge in [0.2, 0.25) is 17.6 Å². The van der Waals surface area contributed by atoms with Gasteiger partial charge in [-0.3, -0.25) is 4.79 Å². The van der Waals surface area contributed by atoms with Crippen molar-refractivity contribution in [3.8, 4) is 22.9 Å². The fourth-order valence-electron chi connectivity index (χ4n) is 3.70. The highest BCUT2D eigenvalue weighted by Gasteiger charge is 2.34. The predicted octanol–water partition coefficient (Wildman–Crippen LogP) is 3.89. The van der Waals surface area contributed by atoms with Gasteiger partial charge in [-0.25, -0.2) is 0 Å². The van der Waals surface area contributed by atoms with Crippen LogP contribution in [0, 0.1) is 13.8 Å². The van der Waals surface area contributed by atoms with Gasteiger partial charge in [-0.2, -0.15) is 4.98 Å². The fraction of sp³-hybridized carbons (Fsp3) is 0.348. The highest BCUT2D eigenvalue weighted by atomic mass is 16.5. The van der Waals surface area contributed by atoms with Gasteiger partial charge in [0.05, 0.1) is 20.1 Å². The fourth-order valence-corrected chi connectivity index (χ4v) is 3.70. The van der Waals surface area contributed by atoms with Gasteiger partial charge in [0.25, 0.3) is 0 Å². The van der Waals surface area contributed by atoms with Crippen molar-refractivity contribution in [1.82, 2.24) is 15.0 Å². The quantitative estimate of drug-likeness (QED) is 0.617. The smallest absolute Gasteiger partial charge is 0.232 e. The first-order valence-electron chi connectivity index (χ1n) is 9.88. The van der Waals surface area contributed by atoms with E-state index >= 15 is 0 Å². The topological polar surface area (TPSA) is 77.7 Å². The molecule has 7 heteroatoms. The van der Waals surface area contributed by atoms with Crippen molar-refractivity contribution in [2.75, 3.05) is 20.8 Å². The summed E-state index contributed by atoms with van der Waals surface area (Å²) in [7, 11) is 3.23. The van der Waals surface area contributed by atoms with Gasteiger partial charge in [-0.15, -0.1) is 0 Å². The molecule has 3 aromatic rings. The average molecular weight is 407 g/mol. The number of benzene rings is 2. The normalized spacial score (nSPS) is 16.2. The Hall–Kier alpha value is -3.35. The zero-order valence-electron chi connectivity index (χ0n) is 17.6. The largest absolute Gasteiger partial charge is 0.497 e. The molecule has 1 aromatic heterocycles. The van der Waals surface area contributed by atoms with E-state index in [4.69, 9.17) is 14.0 Å². The third-order valence-corrected chi connectivity index (χ3v) is 5.62. The summed E-state index contributed by atoms with van der Waals surface area (Å²) in [5.74, 6) is 2.42. The second-order valence-corrected chi connectivity index (χ2v) is 7.61. The van der Waals surface area contributed by atoms with E-state index in [0.717, 1.165) is 22.6 Å². The molecular formula is C23H25N3O4. The molecule has 2 aromatic carbocycles. The van der Waals surface area contributed by atoms with E-state index in [0.29, 0.717) is 31.2 Å². The van der Waals surface area contributed by atoms with Crippen LogP contribution in [0.4, 0.5) is 0 Å². The first kappa shape index (κ1) is 19.9. The van der Waals surface area contributed by atoms with Gasteiger partial charge in [-0.05, 0) is 49.2 Å². The summed E-state index contributed by atoms with van der Waals surface area (Å²) in [4.78, 5) is 19.0. The molecule has 0 spiro atoms. The van der Waals surface area contributed by atoms with Gasteiger partial charge in [0.1, 0.15) is 11.5 Å². The number of aromatic nitrogens is 2. The minimum Gasteiger partial charge on any atom is -0.497 e. The molecule has 1 saturated heterocycles. The lowest BCUT2D eigenvalue weighted by Crippen LogP contribution is -2.24. The lowest BCUT2D eigenvalue weighted by Gasteiger charge is -2.18. The Bertz CT molecular complexity index is 1080. The third kappa shape index (κ3) is 3.87. The van der Waals surface area contributed by atoms with Crippen LogP contribution in [-0.2, 0) is 11.3 Å². The molecule has 1 amide bonds. The molecule has 2 heterocycles. The average Bonchev–Trinajstić information content (AvgIpc) is 3.37. The molecule has 0 aliphatic carbocycles. The molecule has 0 N–H and O–H groups in total. The number of methoxy groups -OCH3 is 2. The second kappa shape index (κ2) is 8.18. The van der Waals surface area contributed by atoms with Gasteiger partial charge < -0.3 is 18.9 Å². The summed E-state index contributed by atoms with van der Waals surface area (Å²) in [5.41, 5.74) is 4.20. The van der Waals surface area contributed by atoms with Crippen molar-refractivity contribution in [2.45, 2.75) is 32.7 Å². The van der Waals surface area contributed by atoms with Crippen LogP contribution in [-0.4, -0.2) is 41.7 Å². The molecular weight excluding hydrogens is 382 g/mol. The molecule has 30 heavy (non-hydrogen) atoms. The van der Waals surface area contributed by atoms with E-state index in [1.165, 1.54) is 11.1 Å². The lowest BCUT2D eigenvalue weighted by molar-refractivity contribution is -0.128. The Labute approximate surface area is 175 Å². The molecule has 0 saturated carbocycles. The number of hydrogen-bond donors (Lipinski definition) is 0. The minimum atomic E-state index is -0.123. The Morgan fingerprint density at radius 3 is 2.67 bits per heavy atom. The first-order valence-corrected chi connectivity index (χ1v) is 9.88. The highest BCUT2D eigenvalue weighted by molar-refractivity contribution is 5.79. The van der Waals surface area contributed by atoms with Crippen LogP contribution < -0.4 is 9.47 Å². The van der Waals surface area contributed by atoms with Crippen LogP contribution >= 0.6 is 0 Å². The van der Waals surface area contributed by atoms with Gasteiger partial charge in [0.15, 0.2) is 0 Å². The number of carbonyl (C=O) groups is 1. The molecule has 7 nitrogen and oxygen atoms in total. The molecule has 1 aliphatic heterocycles. The van der Waals surface area contributed by atoms with E-state index in [1.807, 2.05) is 36.4 Å². The van der Waals surface area contributed by atoms with Crippen LogP contribution in [0.2, 0.25) is 0 Å². The van der Waals surface area contributed by atoms with Gasteiger partial charge in [-0.1, -0.05) is 17.3 Å². The number of hydrogen-bond acceptors (Lipinski definition) is 6. The standard InChI is InChI=1S/C23H25N3O4/c1-14-5-6-16(9-15(14)2)22-24-23(30-25-22)18-11-21(27)26(13-18)12-17-10-19(28-3)7-8-20(17)29-4/h5-10,18H,11-13H2,1-4H3. The molecule has 1 fully saturated rings. The van der Waals surface area contributed by atoms with Crippen molar-refractivity contribution < 1.29 is 18.8 Å². The molecule has 0 bridgehead atoms. The van der Waals surface area contributed by atoms with Crippen LogP contribution in [0.25, 0.3) is 11.4 Å². The lowest BCUT2D eigenvalue weighted by atomic mass is 10.1. The van der Waals surface area contributed by atoms with Crippen LogP contribution in [0.15, 0.2) is 40.9 Å². The van der Waals surface area contributed by atoms with E-state index in [1.54, 1.807) is 19.1 Å². The van der Waals surface area contributed by atoms with Gasteiger partial charge in [0, 0.05) is 30.6 Å². The summed E-state index contributed by atoms with van der Waals surface area (Å²) in [6, 6.07) is 11.7. The van der Waals surface area contributed by atoms with E-state index in [9.17, 15) is 4.79 Å². The van der Waals surface area contributed by atoms with E-state index < -0.39 is 0 Å². The Morgan fingerprint density at radius 2 is 1.93 bits per heavy atom. The summed E-state index contributed by atoms with van der Waals surface area (Å²) in [5, 5.41) is 4.13. The molecule has 1 aliphatic rings. The van der Waals surface area contributed by atoms with Crippen molar-refractivity contribution in [3.63, 3.8) is 0 Å². The van der Waals surface area contributed by atoms with Crippen LogP contribution in [0.5, 0.6) is 11.5 Å². The van der Waals surface area contributed by atoms with Crippen LogP contribution in [0.1, 0.15) is 34.9 Å². The number of carbonyl (C=O) groups excluding carboxylic acids is 1. The van der Waals surface area contributed by atoms with Crippen LogP contribution in [0.3, 0.4) is 0 Å². The number of amides is 1. The number of nitrogens with zero attached hydrogens (tertiary/aromatic N) is 3. The van der Waals surface area contributed by atoms with Crippen molar-refractivity contribution in [3.05, 3.63) is 59.0 Å². The molecule has 1 atom stereocenters. The maximum absolute atomic E-state index is 12.6. The number of likely N-dealkylation sites (tertiary alicyclic amines) is 1. The third-order valence-electron chi connectivity index (χ3n) is 5.62. The second-order valence-electron chi connectivity index (χ2n) is 7.61. The Morgan fingerprint density at radius 1 is 1.10 bits per heavy atom. The summed E-state index contributed by atoms with van der Waals surface area (Å²) in [6.45, 7) is 5.08. The maximum atomic E-state index is 12.6. The number of aryl methyl sites for hydroxylation is 2. The predicted molar refractivity (Wildman–Crippen MR) is 112 cm³/mol. The monoisotopic (exact) mass is 407 g/mol. The van der Waals surface area contributed by atoms with E-state index in [2.05, 4.69) is 24.0 Å². The molecule has 0 radical (unpaired) electrons. The molecule has 4 rings (SSSR count). The zero-order valence-corrected chi connectivity index (χ0v) is 17.6. The van der Waals surface area contributed by atoms with Crippen molar-refractivity contribution >= 4 is 5.91 Å². The van der Waals surface area contributed by atoms with Crippen molar-refractivity contribution in [1.29, 1.82) is 0 Å². The maximum Gasteiger partial charge on any atom is 0.232 e. The number of ether oxygens (including phenoxy) is 2. The zero-order chi connectivity index (χ0) is 21.3. The van der Waals surface area contributed by atoms with Crippen molar-refractivity contribution in [2.24, 2.45) is 0 Å². The Kier molecular flexibility index (Phi) is 5.44. The summed E-state index contributed by atoms with van der Waals surface area (Å²) < 4.78 is 16.3. The van der Waals surface area contributed by atoms with Gasteiger partial charge >= 0.3 is 0 Å². The highest BCUT2D eigenvalue weighted by Crippen LogP contribution is 2.32. The molecule has 156 valence electrons. The van der Waals surface area contributed by atoms with E-state index in [-0.39, 0.29) is 11.8 Å². The SMILES string of the molecule is COc1ccc(OC)c(CN2CC(c3nc(-c4ccc(C)c(C)c4)no3)CC2=O)c1.